The molecule has 0 fully saturated rings. The van der Waals surface area contributed by atoms with Gasteiger partial charge in [0.25, 0.3) is 0 Å². The second kappa shape index (κ2) is 4.46. The van der Waals surface area contributed by atoms with Gasteiger partial charge < -0.3 is 9.52 Å². The zero-order valence-electron chi connectivity index (χ0n) is 9.47. The zero-order chi connectivity index (χ0) is 12.4. The van der Waals surface area contributed by atoms with Crippen LogP contribution in [0.1, 0.15) is 17.4 Å². The molecule has 2 heterocycles. The van der Waals surface area contributed by atoms with Crippen molar-refractivity contribution in [2.75, 3.05) is 0 Å². The lowest BCUT2D eigenvalue weighted by atomic mass is 10.1. The molecule has 1 N–H and O–H groups in total. The summed E-state index contributed by atoms with van der Waals surface area (Å²) < 4.78 is 4.93. The van der Waals surface area contributed by atoms with E-state index in [2.05, 4.69) is 10.2 Å². The molecule has 0 saturated carbocycles. The molecule has 0 spiro atoms. The molecular formula is C13H11N3O2. The summed E-state index contributed by atoms with van der Waals surface area (Å²) >= 11 is 0. The van der Waals surface area contributed by atoms with Gasteiger partial charge in [0.1, 0.15) is 11.8 Å². The summed E-state index contributed by atoms with van der Waals surface area (Å²) in [6, 6.07) is 11.2. The summed E-state index contributed by atoms with van der Waals surface area (Å²) in [5.74, 6) is 0. The maximum atomic E-state index is 10.1. The lowest BCUT2D eigenvalue weighted by molar-refractivity contribution is 0.213. The Balaban J connectivity index is 1.90. The molecular weight excluding hydrogens is 230 g/mol. The van der Waals surface area contributed by atoms with E-state index in [1.807, 2.05) is 30.3 Å². The molecule has 0 aliphatic heterocycles. The van der Waals surface area contributed by atoms with Crippen LogP contribution in [0.3, 0.4) is 0 Å². The minimum atomic E-state index is -0.818. The molecule has 3 aromatic rings. The van der Waals surface area contributed by atoms with Gasteiger partial charge >= 0.3 is 0 Å². The minimum absolute atomic E-state index is 0.486. The van der Waals surface area contributed by atoms with Crippen LogP contribution in [0.4, 0.5) is 0 Å². The smallest absolute Gasteiger partial charge is 0.128 e. The van der Waals surface area contributed by atoms with Gasteiger partial charge in [-0.3, -0.25) is 0 Å². The number of nitrogens with zero attached hydrogens (tertiary/aromatic N) is 3. The molecule has 5 nitrogen and oxygen atoms in total. The Hall–Kier alpha value is -2.40. The Kier molecular flexibility index (Phi) is 2.66. The maximum Gasteiger partial charge on any atom is 0.128 e. The molecule has 3 rings (SSSR count). The standard InChI is InChI=1S/C13H11N3O2/c17-13(10-6-7-18-9-10)12-8-14-16(15-12)11-4-2-1-3-5-11/h1-9,13,17H. The number of rotatable bonds is 3. The minimum Gasteiger partial charge on any atom is -0.472 e. The van der Waals surface area contributed by atoms with Crippen molar-refractivity contribution in [2.24, 2.45) is 0 Å². The quantitative estimate of drug-likeness (QED) is 0.761. The topological polar surface area (TPSA) is 64.1 Å². The summed E-state index contributed by atoms with van der Waals surface area (Å²) in [5.41, 5.74) is 2.00. The van der Waals surface area contributed by atoms with Crippen molar-refractivity contribution in [3.05, 3.63) is 66.4 Å². The molecule has 0 radical (unpaired) electrons. The van der Waals surface area contributed by atoms with Gasteiger partial charge in [-0.05, 0) is 18.2 Å². The predicted octanol–water partition coefficient (Wildman–Crippen LogP) is 1.94. The predicted molar refractivity (Wildman–Crippen MR) is 64.1 cm³/mol. The molecule has 1 aromatic carbocycles. The maximum absolute atomic E-state index is 10.1. The van der Waals surface area contributed by atoms with Crippen LogP contribution < -0.4 is 0 Å². The van der Waals surface area contributed by atoms with Crippen LogP contribution >= 0.6 is 0 Å². The fraction of sp³-hybridized carbons (Fsp3) is 0.0769. The number of aliphatic hydroxyl groups is 1. The van der Waals surface area contributed by atoms with E-state index in [4.69, 9.17) is 4.42 Å². The van der Waals surface area contributed by atoms with Gasteiger partial charge in [0.15, 0.2) is 0 Å². The molecule has 90 valence electrons. The van der Waals surface area contributed by atoms with E-state index in [1.165, 1.54) is 17.3 Å². The zero-order valence-corrected chi connectivity index (χ0v) is 9.47. The first kappa shape index (κ1) is 10.7. The van der Waals surface area contributed by atoms with Crippen molar-refractivity contribution in [1.82, 2.24) is 15.0 Å². The lowest BCUT2D eigenvalue weighted by Gasteiger charge is -2.03. The highest BCUT2D eigenvalue weighted by Gasteiger charge is 2.15. The third-order valence-electron chi connectivity index (χ3n) is 2.64. The number of aliphatic hydroxyl groups excluding tert-OH is 1. The van der Waals surface area contributed by atoms with Gasteiger partial charge in [-0.15, -0.1) is 0 Å². The van der Waals surface area contributed by atoms with E-state index >= 15 is 0 Å². The second-order valence-electron chi connectivity index (χ2n) is 3.85. The number of hydrogen-bond acceptors (Lipinski definition) is 4. The largest absolute Gasteiger partial charge is 0.472 e. The number of aromatic nitrogens is 3. The molecule has 2 aromatic heterocycles. The fourth-order valence-electron chi connectivity index (χ4n) is 1.69. The summed E-state index contributed by atoms with van der Waals surface area (Å²) in [6.07, 6.45) is 3.73. The number of benzene rings is 1. The first-order valence-corrected chi connectivity index (χ1v) is 5.52. The average molecular weight is 241 g/mol. The van der Waals surface area contributed by atoms with E-state index in [-0.39, 0.29) is 0 Å². The van der Waals surface area contributed by atoms with Crippen molar-refractivity contribution in [1.29, 1.82) is 0 Å². The Bertz CT molecular complexity index is 617. The van der Waals surface area contributed by atoms with Crippen molar-refractivity contribution in [3.8, 4) is 5.69 Å². The van der Waals surface area contributed by atoms with E-state index in [0.29, 0.717) is 11.3 Å². The SMILES string of the molecule is OC(c1ccoc1)c1cnn(-c2ccccc2)n1. The van der Waals surface area contributed by atoms with Crippen LogP contribution in [-0.4, -0.2) is 20.1 Å². The third-order valence-corrected chi connectivity index (χ3v) is 2.64. The van der Waals surface area contributed by atoms with Gasteiger partial charge in [0.2, 0.25) is 0 Å². The normalized spacial score (nSPS) is 12.5. The van der Waals surface area contributed by atoms with Crippen molar-refractivity contribution in [3.63, 3.8) is 0 Å². The highest BCUT2D eigenvalue weighted by molar-refractivity contribution is 5.29. The monoisotopic (exact) mass is 241 g/mol. The van der Waals surface area contributed by atoms with E-state index < -0.39 is 6.10 Å². The Morgan fingerprint density at radius 2 is 2.00 bits per heavy atom. The van der Waals surface area contributed by atoms with Crippen LogP contribution in [0.15, 0.2) is 59.5 Å². The second-order valence-corrected chi connectivity index (χ2v) is 3.85. The van der Waals surface area contributed by atoms with Crippen molar-refractivity contribution < 1.29 is 9.52 Å². The first-order chi connectivity index (χ1) is 8.84. The molecule has 0 aliphatic carbocycles. The molecule has 0 amide bonds. The molecule has 0 aliphatic rings. The Labute approximate surface area is 103 Å². The van der Waals surface area contributed by atoms with Crippen LogP contribution in [0.5, 0.6) is 0 Å². The summed E-state index contributed by atoms with van der Waals surface area (Å²) in [7, 11) is 0. The van der Waals surface area contributed by atoms with Crippen molar-refractivity contribution >= 4 is 0 Å². The highest BCUT2D eigenvalue weighted by atomic mass is 16.3. The third kappa shape index (κ3) is 1.91. The van der Waals surface area contributed by atoms with Gasteiger partial charge in [-0.1, -0.05) is 18.2 Å². The summed E-state index contributed by atoms with van der Waals surface area (Å²) in [4.78, 5) is 1.48. The number of furan rings is 1. The highest BCUT2D eigenvalue weighted by Crippen LogP contribution is 2.20. The van der Waals surface area contributed by atoms with Crippen LogP contribution in [0.2, 0.25) is 0 Å². The Morgan fingerprint density at radius 3 is 2.72 bits per heavy atom. The fourth-order valence-corrected chi connectivity index (χ4v) is 1.69. The molecule has 0 bridgehead atoms. The number of para-hydroxylation sites is 1. The Morgan fingerprint density at radius 1 is 1.17 bits per heavy atom. The molecule has 5 heteroatoms. The van der Waals surface area contributed by atoms with E-state index in [9.17, 15) is 5.11 Å². The summed E-state index contributed by atoms with van der Waals surface area (Å²) in [6.45, 7) is 0. The van der Waals surface area contributed by atoms with E-state index in [0.717, 1.165) is 5.69 Å². The van der Waals surface area contributed by atoms with Crippen LogP contribution in [0.25, 0.3) is 5.69 Å². The van der Waals surface area contributed by atoms with Gasteiger partial charge in [0, 0.05) is 5.56 Å². The summed E-state index contributed by atoms with van der Waals surface area (Å²) in [5, 5.41) is 18.4. The van der Waals surface area contributed by atoms with E-state index in [1.54, 1.807) is 12.3 Å². The van der Waals surface area contributed by atoms with Crippen LogP contribution in [0, 0.1) is 0 Å². The van der Waals surface area contributed by atoms with Gasteiger partial charge in [-0.25, -0.2) is 0 Å². The number of hydrogen-bond donors (Lipinski definition) is 1. The van der Waals surface area contributed by atoms with Crippen LogP contribution in [-0.2, 0) is 0 Å². The lowest BCUT2D eigenvalue weighted by Crippen LogP contribution is -2.02. The van der Waals surface area contributed by atoms with Gasteiger partial charge in [0.05, 0.1) is 24.4 Å². The van der Waals surface area contributed by atoms with Crippen molar-refractivity contribution in [2.45, 2.75) is 6.10 Å². The molecule has 0 saturated heterocycles. The molecule has 1 unspecified atom stereocenters. The first-order valence-electron chi connectivity index (χ1n) is 5.52. The van der Waals surface area contributed by atoms with Gasteiger partial charge in [-0.2, -0.15) is 15.0 Å². The molecule has 18 heavy (non-hydrogen) atoms. The molecule has 1 atom stereocenters. The average Bonchev–Trinajstić information content (AvgIpc) is 3.10.